The normalized spacial score (nSPS) is 40.2. The van der Waals surface area contributed by atoms with Gasteiger partial charge in [-0.3, -0.25) is 0 Å². The Labute approximate surface area is 105 Å². The van der Waals surface area contributed by atoms with E-state index in [-0.39, 0.29) is 5.41 Å². The largest absolute Gasteiger partial charge is 0.378 e. The van der Waals surface area contributed by atoms with Gasteiger partial charge in [-0.2, -0.15) is 0 Å². The van der Waals surface area contributed by atoms with Crippen molar-refractivity contribution in [2.24, 2.45) is 5.41 Å². The maximum Gasteiger partial charge on any atom is 0.0704 e. The van der Waals surface area contributed by atoms with Crippen LogP contribution >= 0.6 is 0 Å². The number of nitrogens with one attached hydrogen (secondary N) is 1. The van der Waals surface area contributed by atoms with Crippen molar-refractivity contribution in [1.29, 1.82) is 0 Å². The summed E-state index contributed by atoms with van der Waals surface area (Å²) in [5.41, 5.74) is 0.264. The van der Waals surface area contributed by atoms with Crippen molar-refractivity contribution in [3.63, 3.8) is 0 Å². The minimum atomic E-state index is 0.264. The van der Waals surface area contributed by atoms with E-state index in [4.69, 9.17) is 9.47 Å². The van der Waals surface area contributed by atoms with Gasteiger partial charge in [0.1, 0.15) is 0 Å². The van der Waals surface area contributed by atoms with Crippen molar-refractivity contribution in [3.05, 3.63) is 0 Å². The van der Waals surface area contributed by atoms with E-state index in [1.54, 1.807) is 0 Å². The second-order valence-electron chi connectivity index (χ2n) is 6.11. The van der Waals surface area contributed by atoms with Crippen molar-refractivity contribution >= 4 is 0 Å². The Morgan fingerprint density at radius 2 is 2.12 bits per heavy atom. The molecule has 4 atom stereocenters. The first kappa shape index (κ1) is 13.3. The molecule has 2 fully saturated rings. The molecule has 1 saturated heterocycles. The lowest BCUT2D eigenvalue weighted by Crippen LogP contribution is -2.61. The average molecular weight is 241 g/mol. The van der Waals surface area contributed by atoms with Crippen LogP contribution in [-0.2, 0) is 9.47 Å². The maximum absolute atomic E-state index is 5.83. The summed E-state index contributed by atoms with van der Waals surface area (Å²) in [6.45, 7) is 10.7. The number of hydrogen-bond donors (Lipinski definition) is 1. The molecule has 0 radical (unpaired) electrons. The minimum Gasteiger partial charge on any atom is -0.378 e. The molecular formula is C14H27NO2. The molecule has 1 saturated carbocycles. The van der Waals surface area contributed by atoms with Gasteiger partial charge < -0.3 is 14.8 Å². The van der Waals surface area contributed by atoms with E-state index in [1.807, 2.05) is 0 Å². The Morgan fingerprint density at radius 3 is 2.65 bits per heavy atom. The molecule has 2 aliphatic rings. The lowest BCUT2D eigenvalue weighted by atomic mass is 9.64. The molecule has 3 nitrogen and oxygen atoms in total. The fourth-order valence-electron chi connectivity index (χ4n) is 3.02. The minimum absolute atomic E-state index is 0.264. The smallest absolute Gasteiger partial charge is 0.0704 e. The van der Waals surface area contributed by atoms with Gasteiger partial charge in [0, 0.05) is 24.6 Å². The summed E-state index contributed by atoms with van der Waals surface area (Å²) in [6, 6.07) is 0.582. The molecule has 1 aliphatic heterocycles. The van der Waals surface area contributed by atoms with E-state index in [0.29, 0.717) is 24.4 Å². The number of ether oxygens (including phenoxy) is 2. The van der Waals surface area contributed by atoms with E-state index in [9.17, 15) is 0 Å². The summed E-state index contributed by atoms with van der Waals surface area (Å²) in [5.74, 6) is 0. The molecule has 4 unspecified atom stereocenters. The van der Waals surface area contributed by atoms with Gasteiger partial charge >= 0.3 is 0 Å². The Kier molecular flexibility index (Phi) is 4.11. The van der Waals surface area contributed by atoms with Gasteiger partial charge in [0.2, 0.25) is 0 Å². The molecule has 0 spiro atoms. The fourth-order valence-corrected chi connectivity index (χ4v) is 3.02. The lowest BCUT2D eigenvalue weighted by Gasteiger charge is -2.52. The molecule has 2 rings (SSSR count). The monoisotopic (exact) mass is 241 g/mol. The van der Waals surface area contributed by atoms with Gasteiger partial charge in [-0.1, -0.05) is 13.8 Å². The van der Waals surface area contributed by atoms with Gasteiger partial charge in [0.05, 0.1) is 18.3 Å². The van der Waals surface area contributed by atoms with Crippen molar-refractivity contribution < 1.29 is 9.47 Å². The molecular weight excluding hydrogens is 214 g/mol. The standard InChI is InChI=1S/C14H27NO2/c1-5-16-13-8-12(14(13,3)4)15-9-11-7-6-10(2)17-11/h10-13,15H,5-9H2,1-4H3. The van der Waals surface area contributed by atoms with Gasteiger partial charge in [0.15, 0.2) is 0 Å². The van der Waals surface area contributed by atoms with Crippen LogP contribution in [0, 0.1) is 5.41 Å². The molecule has 0 aromatic carbocycles. The Hall–Kier alpha value is -0.120. The van der Waals surface area contributed by atoms with E-state index in [1.165, 1.54) is 12.8 Å². The average Bonchev–Trinajstić information content (AvgIpc) is 2.68. The first-order valence-corrected chi connectivity index (χ1v) is 7.04. The van der Waals surface area contributed by atoms with E-state index in [0.717, 1.165) is 19.6 Å². The molecule has 0 aromatic rings. The highest BCUT2D eigenvalue weighted by Crippen LogP contribution is 2.42. The Bertz CT molecular complexity index is 255. The summed E-state index contributed by atoms with van der Waals surface area (Å²) in [6.07, 6.45) is 4.86. The highest BCUT2D eigenvalue weighted by Gasteiger charge is 2.48. The van der Waals surface area contributed by atoms with Crippen molar-refractivity contribution in [1.82, 2.24) is 5.32 Å². The molecule has 3 heteroatoms. The van der Waals surface area contributed by atoms with Crippen LogP contribution in [0.15, 0.2) is 0 Å². The summed E-state index contributed by atoms with van der Waals surface area (Å²) in [5, 5.41) is 3.66. The molecule has 100 valence electrons. The predicted octanol–water partition coefficient (Wildman–Crippen LogP) is 2.35. The van der Waals surface area contributed by atoms with E-state index in [2.05, 4.69) is 33.0 Å². The highest BCUT2D eigenvalue weighted by atomic mass is 16.5. The van der Waals surface area contributed by atoms with Crippen LogP contribution in [-0.4, -0.2) is 37.5 Å². The van der Waals surface area contributed by atoms with Crippen LogP contribution in [0.3, 0.4) is 0 Å². The Balaban J connectivity index is 1.71. The van der Waals surface area contributed by atoms with Crippen molar-refractivity contribution in [2.75, 3.05) is 13.2 Å². The zero-order chi connectivity index (χ0) is 12.5. The van der Waals surface area contributed by atoms with Crippen LogP contribution in [0.25, 0.3) is 0 Å². The zero-order valence-corrected chi connectivity index (χ0v) is 11.7. The first-order chi connectivity index (χ1) is 8.04. The first-order valence-electron chi connectivity index (χ1n) is 7.04. The second kappa shape index (κ2) is 5.25. The molecule has 0 amide bonds. The van der Waals surface area contributed by atoms with Crippen LogP contribution in [0.2, 0.25) is 0 Å². The molecule has 1 N–H and O–H groups in total. The van der Waals surface area contributed by atoms with Crippen LogP contribution in [0.5, 0.6) is 0 Å². The predicted molar refractivity (Wildman–Crippen MR) is 69.2 cm³/mol. The molecule has 1 heterocycles. The van der Waals surface area contributed by atoms with Crippen LogP contribution < -0.4 is 5.32 Å². The molecule has 0 aromatic heterocycles. The summed E-state index contributed by atoms with van der Waals surface area (Å²) in [4.78, 5) is 0. The molecule has 0 bridgehead atoms. The maximum atomic E-state index is 5.83. The SMILES string of the molecule is CCOC1CC(NCC2CCC(C)O2)C1(C)C. The summed E-state index contributed by atoms with van der Waals surface area (Å²) in [7, 11) is 0. The fraction of sp³-hybridized carbons (Fsp3) is 1.00. The number of rotatable bonds is 5. The van der Waals surface area contributed by atoms with Gasteiger partial charge in [-0.05, 0) is 33.1 Å². The lowest BCUT2D eigenvalue weighted by molar-refractivity contribution is -0.116. The third-order valence-corrected chi connectivity index (χ3v) is 4.46. The van der Waals surface area contributed by atoms with Crippen molar-refractivity contribution in [3.8, 4) is 0 Å². The van der Waals surface area contributed by atoms with Crippen LogP contribution in [0.1, 0.15) is 47.0 Å². The van der Waals surface area contributed by atoms with Gasteiger partial charge in [0.25, 0.3) is 0 Å². The van der Waals surface area contributed by atoms with E-state index >= 15 is 0 Å². The third kappa shape index (κ3) is 2.83. The molecule has 17 heavy (non-hydrogen) atoms. The zero-order valence-electron chi connectivity index (χ0n) is 11.7. The summed E-state index contributed by atoms with van der Waals surface area (Å²) < 4.78 is 11.6. The third-order valence-electron chi connectivity index (χ3n) is 4.46. The number of hydrogen-bond acceptors (Lipinski definition) is 3. The van der Waals surface area contributed by atoms with Crippen molar-refractivity contribution in [2.45, 2.75) is 71.3 Å². The Morgan fingerprint density at radius 1 is 1.35 bits per heavy atom. The van der Waals surface area contributed by atoms with Gasteiger partial charge in [-0.15, -0.1) is 0 Å². The molecule has 1 aliphatic carbocycles. The van der Waals surface area contributed by atoms with E-state index < -0.39 is 0 Å². The highest BCUT2D eigenvalue weighted by molar-refractivity contribution is 5.03. The second-order valence-corrected chi connectivity index (χ2v) is 6.11. The summed E-state index contributed by atoms with van der Waals surface area (Å²) >= 11 is 0. The topological polar surface area (TPSA) is 30.5 Å². The van der Waals surface area contributed by atoms with Crippen LogP contribution in [0.4, 0.5) is 0 Å². The van der Waals surface area contributed by atoms with Gasteiger partial charge in [-0.25, -0.2) is 0 Å². The quantitative estimate of drug-likeness (QED) is 0.801.